The Morgan fingerprint density at radius 2 is 1.49 bits per heavy atom. The highest BCUT2D eigenvalue weighted by Crippen LogP contribution is 2.22. The third kappa shape index (κ3) is 7.28. The molecule has 2 atom stereocenters. The van der Waals surface area contributed by atoms with Crippen LogP contribution in [0.2, 0.25) is 0 Å². The van der Waals surface area contributed by atoms with Crippen molar-refractivity contribution < 1.29 is 14.4 Å². The first-order valence-corrected chi connectivity index (χ1v) is 14.4. The normalized spacial score (nSPS) is 12.3. The van der Waals surface area contributed by atoms with Crippen molar-refractivity contribution in [3.8, 4) is 11.1 Å². The van der Waals surface area contributed by atoms with Crippen molar-refractivity contribution in [3.63, 3.8) is 0 Å². The van der Waals surface area contributed by atoms with Gasteiger partial charge >= 0.3 is 0 Å². The molecule has 212 valence electrons. The van der Waals surface area contributed by atoms with E-state index < -0.39 is 12.1 Å². The Morgan fingerprint density at radius 1 is 0.780 bits per heavy atom. The van der Waals surface area contributed by atoms with Crippen LogP contribution < -0.4 is 11.1 Å². The molecule has 2 unspecified atom stereocenters. The molecule has 4 aromatic rings. The van der Waals surface area contributed by atoms with Gasteiger partial charge in [-0.05, 0) is 45.8 Å². The number of hydrogen-bond donors (Lipinski definition) is 2. The lowest BCUT2D eigenvalue weighted by Crippen LogP contribution is -2.55. The van der Waals surface area contributed by atoms with Gasteiger partial charge in [0.05, 0.1) is 0 Å². The molecule has 0 radical (unpaired) electrons. The molecule has 0 saturated carbocycles. The molecule has 0 aliphatic rings. The fraction of sp³-hybridized carbons (Fsp3) is 0.242. The van der Waals surface area contributed by atoms with Gasteiger partial charge in [-0.1, -0.05) is 72.8 Å². The average molecular weight is 569 g/mol. The van der Waals surface area contributed by atoms with Crippen LogP contribution in [0.15, 0.2) is 96.4 Å². The lowest BCUT2D eigenvalue weighted by atomic mass is 9.98. The van der Waals surface area contributed by atoms with E-state index in [-0.39, 0.29) is 24.1 Å². The van der Waals surface area contributed by atoms with Crippen LogP contribution in [0.3, 0.4) is 0 Å². The third-order valence-corrected chi connectivity index (χ3v) is 8.21. The Bertz CT molecular complexity index is 1460. The minimum atomic E-state index is -0.841. The molecule has 0 bridgehead atoms. The van der Waals surface area contributed by atoms with Crippen molar-refractivity contribution in [1.29, 1.82) is 0 Å². The summed E-state index contributed by atoms with van der Waals surface area (Å²) in [7, 11) is 4.84. The van der Waals surface area contributed by atoms with E-state index in [1.165, 1.54) is 21.1 Å². The van der Waals surface area contributed by atoms with Crippen LogP contribution in [0.5, 0.6) is 0 Å². The first-order chi connectivity index (χ1) is 19.8. The fourth-order valence-electron chi connectivity index (χ4n) is 4.83. The second kappa shape index (κ2) is 13.9. The maximum absolute atomic E-state index is 14.2. The average Bonchev–Trinajstić information content (AvgIpc) is 3.55. The zero-order valence-corrected chi connectivity index (χ0v) is 24.4. The number of nitrogens with zero attached hydrogens (tertiary/aromatic N) is 2. The van der Waals surface area contributed by atoms with Crippen molar-refractivity contribution >= 4 is 29.1 Å². The Labute approximate surface area is 245 Å². The molecule has 1 aromatic heterocycles. The molecule has 41 heavy (non-hydrogen) atoms. The highest BCUT2D eigenvalue weighted by Gasteiger charge is 2.35. The van der Waals surface area contributed by atoms with Gasteiger partial charge in [0.25, 0.3) is 5.91 Å². The van der Waals surface area contributed by atoms with Crippen LogP contribution in [-0.2, 0) is 29.0 Å². The molecular weight excluding hydrogens is 532 g/mol. The van der Waals surface area contributed by atoms with Crippen LogP contribution in [0, 0.1) is 0 Å². The zero-order valence-electron chi connectivity index (χ0n) is 23.6. The maximum Gasteiger partial charge on any atom is 0.254 e. The van der Waals surface area contributed by atoms with E-state index in [0.29, 0.717) is 18.5 Å². The predicted molar refractivity (Wildman–Crippen MR) is 164 cm³/mol. The highest BCUT2D eigenvalue weighted by atomic mass is 32.1. The van der Waals surface area contributed by atoms with Crippen molar-refractivity contribution in [1.82, 2.24) is 15.1 Å². The lowest BCUT2D eigenvalue weighted by Gasteiger charge is -2.34. The second-order valence-corrected chi connectivity index (χ2v) is 11.0. The first kappa shape index (κ1) is 29.7. The maximum atomic E-state index is 14.2. The van der Waals surface area contributed by atoms with Gasteiger partial charge in [-0.15, -0.1) is 11.3 Å². The summed E-state index contributed by atoms with van der Waals surface area (Å²) in [6.07, 6.45) is 0.671. The zero-order chi connectivity index (χ0) is 29.4. The Kier molecular flexibility index (Phi) is 10.1. The van der Waals surface area contributed by atoms with Gasteiger partial charge in [0.15, 0.2) is 0 Å². The summed E-state index contributed by atoms with van der Waals surface area (Å²) in [4.78, 5) is 44.7. The Hall–Kier alpha value is -4.27. The molecule has 4 rings (SSSR count). The fourth-order valence-corrected chi connectivity index (χ4v) is 5.58. The van der Waals surface area contributed by atoms with Crippen LogP contribution in [-0.4, -0.2) is 60.7 Å². The summed E-state index contributed by atoms with van der Waals surface area (Å²) < 4.78 is 0. The van der Waals surface area contributed by atoms with E-state index in [2.05, 4.69) is 5.32 Å². The number of nitrogens with one attached hydrogen (secondary N) is 1. The minimum Gasteiger partial charge on any atom is -0.357 e. The van der Waals surface area contributed by atoms with Crippen LogP contribution in [0.1, 0.15) is 26.4 Å². The summed E-state index contributed by atoms with van der Waals surface area (Å²) in [5, 5.41) is 4.64. The number of carbonyl (C=O) groups is 3. The Balaban J connectivity index is 1.65. The molecule has 8 heteroatoms. The summed E-state index contributed by atoms with van der Waals surface area (Å²) in [6.45, 7) is 0.306. The largest absolute Gasteiger partial charge is 0.357 e. The number of carbonyl (C=O) groups excluding carboxylic acids is 3. The standard InChI is InChI=1S/C33H36N4O3S/c1-35-31(38)29(21-28-13-8-18-41-28)36(2)33(40)30(37(3)32(39)27-12-7-9-24(19-27)22-34)20-23-14-16-26(17-15-23)25-10-5-4-6-11-25/h4-19,29-30H,20-22,34H2,1-3H3,(H,35,38). The van der Waals surface area contributed by atoms with Gasteiger partial charge in [-0.2, -0.15) is 0 Å². The van der Waals surface area contributed by atoms with E-state index >= 15 is 0 Å². The summed E-state index contributed by atoms with van der Waals surface area (Å²) in [5.41, 5.74) is 10.2. The topological polar surface area (TPSA) is 95.7 Å². The van der Waals surface area contributed by atoms with Crippen LogP contribution in [0.4, 0.5) is 0 Å². The van der Waals surface area contributed by atoms with Gasteiger partial charge in [-0.25, -0.2) is 0 Å². The monoisotopic (exact) mass is 568 g/mol. The number of amides is 3. The van der Waals surface area contributed by atoms with E-state index in [0.717, 1.165) is 27.1 Å². The van der Waals surface area contributed by atoms with Gasteiger partial charge < -0.3 is 20.9 Å². The first-order valence-electron chi connectivity index (χ1n) is 13.5. The number of hydrogen-bond acceptors (Lipinski definition) is 5. The molecule has 0 aliphatic heterocycles. The van der Waals surface area contributed by atoms with Crippen molar-refractivity contribution in [2.24, 2.45) is 5.73 Å². The molecule has 3 N–H and O–H groups in total. The molecule has 0 fully saturated rings. The van der Waals surface area contributed by atoms with Crippen molar-refractivity contribution in [2.75, 3.05) is 21.1 Å². The number of likely N-dealkylation sites (N-methyl/N-ethyl adjacent to an activating group) is 3. The highest BCUT2D eigenvalue weighted by molar-refractivity contribution is 7.09. The van der Waals surface area contributed by atoms with Gasteiger partial charge in [0.2, 0.25) is 11.8 Å². The molecule has 0 saturated heterocycles. The van der Waals surface area contributed by atoms with Gasteiger partial charge in [0.1, 0.15) is 12.1 Å². The summed E-state index contributed by atoms with van der Waals surface area (Å²) in [5.74, 6) is -0.860. The Morgan fingerprint density at radius 3 is 2.12 bits per heavy atom. The molecular formula is C33H36N4O3S. The number of benzene rings is 3. The van der Waals surface area contributed by atoms with E-state index in [1.54, 1.807) is 39.3 Å². The molecule has 3 amide bonds. The van der Waals surface area contributed by atoms with Crippen LogP contribution >= 0.6 is 11.3 Å². The SMILES string of the molecule is CNC(=O)C(Cc1cccs1)N(C)C(=O)C(Cc1ccc(-c2ccccc2)cc1)N(C)C(=O)c1cccc(CN)c1. The number of thiophene rings is 1. The van der Waals surface area contributed by atoms with E-state index in [4.69, 9.17) is 5.73 Å². The minimum absolute atomic E-state index is 0.259. The summed E-state index contributed by atoms with van der Waals surface area (Å²) >= 11 is 1.54. The summed E-state index contributed by atoms with van der Waals surface area (Å²) in [6, 6.07) is 27.5. The molecule has 0 spiro atoms. The molecule has 3 aromatic carbocycles. The third-order valence-electron chi connectivity index (χ3n) is 7.31. The van der Waals surface area contributed by atoms with Crippen molar-refractivity contribution in [3.05, 3.63) is 118 Å². The van der Waals surface area contributed by atoms with Crippen LogP contribution in [0.25, 0.3) is 11.1 Å². The molecule has 7 nitrogen and oxygen atoms in total. The number of rotatable bonds is 11. The smallest absolute Gasteiger partial charge is 0.254 e. The lowest BCUT2D eigenvalue weighted by molar-refractivity contribution is -0.142. The molecule has 1 heterocycles. The van der Waals surface area contributed by atoms with E-state index in [9.17, 15) is 14.4 Å². The van der Waals surface area contributed by atoms with E-state index in [1.807, 2.05) is 78.2 Å². The predicted octanol–water partition coefficient (Wildman–Crippen LogP) is 4.37. The van der Waals surface area contributed by atoms with Gasteiger partial charge in [-0.3, -0.25) is 14.4 Å². The van der Waals surface area contributed by atoms with Gasteiger partial charge in [0, 0.05) is 51.0 Å². The quantitative estimate of drug-likeness (QED) is 0.281. The number of nitrogens with two attached hydrogens (primary N) is 1. The van der Waals surface area contributed by atoms with Crippen molar-refractivity contribution in [2.45, 2.75) is 31.5 Å². The second-order valence-electron chi connectivity index (χ2n) is 9.97. The molecule has 0 aliphatic carbocycles.